The number of benzene rings is 2. The average molecular weight is 332 g/mol. The lowest BCUT2D eigenvalue weighted by Crippen LogP contribution is -2.27. The first-order chi connectivity index (χ1) is 9.90. The van der Waals surface area contributed by atoms with E-state index >= 15 is 0 Å². The number of rotatable bonds is 5. The molecule has 0 spiro atoms. The molecule has 2 rings (SSSR count). The number of hydrogen-bond acceptors (Lipinski definition) is 2. The van der Waals surface area contributed by atoms with Gasteiger partial charge in [0.05, 0.1) is 0 Å². The van der Waals surface area contributed by atoms with Gasteiger partial charge in [0.2, 0.25) is 10.0 Å². The molecule has 7 heteroatoms. The lowest BCUT2D eigenvalue weighted by Gasteiger charge is -2.08. The Bertz CT molecular complexity index is 730. The van der Waals surface area contributed by atoms with Gasteiger partial charge < -0.3 is 0 Å². The minimum absolute atomic E-state index is 0.0104. The van der Waals surface area contributed by atoms with Gasteiger partial charge in [0.15, 0.2) is 4.90 Å². The first-order valence-corrected chi connectivity index (χ1v) is 7.94. The van der Waals surface area contributed by atoms with Gasteiger partial charge in [-0.2, -0.15) is 0 Å². The first-order valence-electron chi connectivity index (χ1n) is 6.08. The third kappa shape index (κ3) is 4.00. The van der Waals surface area contributed by atoms with E-state index in [1.807, 2.05) is 0 Å². The van der Waals surface area contributed by atoms with Gasteiger partial charge in [-0.25, -0.2) is 21.9 Å². The summed E-state index contributed by atoms with van der Waals surface area (Å²) in [6.45, 7) is 0.0104. The molecule has 3 nitrogen and oxygen atoms in total. The second-order valence-corrected chi connectivity index (χ2v) is 6.47. The van der Waals surface area contributed by atoms with Crippen LogP contribution in [0.1, 0.15) is 5.56 Å². The molecule has 0 saturated carbocycles. The van der Waals surface area contributed by atoms with Crippen molar-refractivity contribution in [1.82, 2.24) is 4.72 Å². The van der Waals surface area contributed by atoms with Crippen LogP contribution in [0.3, 0.4) is 0 Å². The van der Waals surface area contributed by atoms with Crippen molar-refractivity contribution in [2.24, 2.45) is 0 Å². The van der Waals surface area contributed by atoms with Crippen molar-refractivity contribution in [3.8, 4) is 0 Å². The average Bonchev–Trinajstić information content (AvgIpc) is 2.38. The topological polar surface area (TPSA) is 46.2 Å². The predicted octanol–water partition coefficient (Wildman–Crippen LogP) is 3.14. The molecule has 21 heavy (non-hydrogen) atoms. The number of halogens is 3. The lowest BCUT2D eigenvalue weighted by atomic mass is 10.2. The van der Waals surface area contributed by atoms with Crippen LogP contribution in [0.5, 0.6) is 0 Å². The summed E-state index contributed by atoms with van der Waals surface area (Å²) in [5.74, 6) is -2.24. The SMILES string of the molecule is O=S(=O)(NCCc1cccc(Cl)c1)c1c(F)cccc1F. The quantitative estimate of drug-likeness (QED) is 0.915. The number of nitrogens with one attached hydrogen (secondary N) is 1. The summed E-state index contributed by atoms with van der Waals surface area (Å²) in [6, 6.07) is 9.81. The van der Waals surface area contributed by atoms with Gasteiger partial charge in [0.1, 0.15) is 11.6 Å². The summed E-state index contributed by atoms with van der Waals surface area (Å²) in [4.78, 5) is -0.962. The van der Waals surface area contributed by atoms with E-state index in [-0.39, 0.29) is 6.54 Å². The minimum Gasteiger partial charge on any atom is -0.211 e. The fourth-order valence-electron chi connectivity index (χ4n) is 1.83. The predicted molar refractivity (Wildman–Crippen MR) is 76.7 cm³/mol. The van der Waals surface area contributed by atoms with E-state index < -0.39 is 26.6 Å². The largest absolute Gasteiger partial charge is 0.246 e. The molecule has 0 aromatic heterocycles. The van der Waals surface area contributed by atoms with Crippen LogP contribution >= 0.6 is 11.6 Å². The highest BCUT2D eigenvalue weighted by molar-refractivity contribution is 7.89. The zero-order valence-corrected chi connectivity index (χ0v) is 12.4. The van der Waals surface area contributed by atoms with Crippen molar-refractivity contribution in [3.05, 3.63) is 64.7 Å². The number of sulfonamides is 1. The third-order valence-electron chi connectivity index (χ3n) is 2.78. The Labute approximate surface area is 126 Å². The van der Waals surface area contributed by atoms with Crippen molar-refractivity contribution >= 4 is 21.6 Å². The van der Waals surface area contributed by atoms with Crippen molar-refractivity contribution < 1.29 is 17.2 Å². The van der Waals surface area contributed by atoms with Crippen LogP contribution in [-0.2, 0) is 16.4 Å². The van der Waals surface area contributed by atoms with E-state index in [1.54, 1.807) is 24.3 Å². The fraction of sp³-hybridized carbons (Fsp3) is 0.143. The highest BCUT2D eigenvalue weighted by atomic mass is 35.5. The first kappa shape index (κ1) is 15.9. The second-order valence-electron chi connectivity index (χ2n) is 4.33. The molecule has 112 valence electrons. The molecule has 0 aliphatic rings. The van der Waals surface area contributed by atoms with E-state index in [0.717, 1.165) is 23.8 Å². The van der Waals surface area contributed by atoms with Gasteiger partial charge in [-0.15, -0.1) is 0 Å². The van der Waals surface area contributed by atoms with Crippen LogP contribution < -0.4 is 4.72 Å². The van der Waals surface area contributed by atoms with E-state index in [2.05, 4.69) is 4.72 Å². The van der Waals surface area contributed by atoms with Crippen LogP contribution in [0.15, 0.2) is 47.4 Å². The summed E-state index contributed by atoms with van der Waals surface area (Å²) in [7, 11) is -4.23. The molecule has 1 N–H and O–H groups in total. The minimum atomic E-state index is -4.23. The van der Waals surface area contributed by atoms with Crippen molar-refractivity contribution in [2.45, 2.75) is 11.3 Å². The van der Waals surface area contributed by atoms with Crippen molar-refractivity contribution in [3.63, 3.8) is 0 Å². The molecule has 0 fully saturated rings. The summed E-state index contributed by atoms with van der Waals surface area (Å²) >= 11 is 5.81. The Kier molecular flexibility index (Phi) is 4.92. The van der Waals surface area contributed by atoms with Crippen LogP contribution in [-0.4, -0.2) is 15.0 Å². The molecule has 0 unspecified atom stereocenters. The Balaban J connectivity index is 2.09. The maximum absolute atomic E-state index is 13.5. The van der Waals surface area contributed by atoms with Gasteiger partial charge in [0, 0.05) is 11.6 Å². The maximum atomic E-state index is 13.5. The standard InChI is InChI=1S/C14H12ClF2NO2S/c15-11-4-1-3-10(9-11)7-8-18-21(19,20)14-12(16)5-2-6-13(14)17/h1-6,9,18H,7-8H2. The Hall–Kier alpha value is -1.50. The van der Waals surface area contributed by atoms with Crippen LogP contribution in [0.2, 0.25) is 5.02 Å². The van der Waals surface area contributed by atoms with Gasteiger partial charge in [0.25, 0.3) is 0 Å². The molecule has 0 radical (unpaired) electrons. The van der Waals surface area contributed by atoms with Crippen LogP contribution in [0, 0.1) is 11.6 Å². The van der Waals surface area contributed by atoms with Crippen molar-refractivity contribution in [2.75, 3.05) is 6.54 Å². The van der Waals surface area contributed by atoms with E-state index in [4.69, 9.17) is 11.6 Å². The van der Waals surface area contributed by atoms with Crippen molar-refractivity contribution in [1.29, 1.82) is 0 Å². The zero-order valence-electron chi connectivity index (χ0n) is 10.8. The van der Waals surface area contributed by atoms with Gasteiger partial charge in [-0.05, 0) is 36.2 Å². The Morgan fingerprint density at radius 1 is 1.05 bits per heavy atom. The summed E-state index contributed by atoms with van der Waals surface area (Å²) in [6.07, 6.45) is 0.357. The molecule has 0 aliphatic carbocycles. The molecular weight excluding hydrogens is 320 g/mol. The molecule has 0 saturated heterocycles. The van der Waals surface area contributed by atoms with Crippen LogP contribution in [0.4, 0.5) is 8.78 Å². The highest BCUT2D eigenvalue weighted by Gasteiger charge is 2.23. The summed E-state index contributed by atoms with van der Waals surface area (Å²) in [5, 5.41) is 0.538. The van der Waals surface area contributed by atoms with Gasteiger partial charge >= 0.3 is 0 Å². The van der Waals surface area contributed by atoms with E-state index in [0.29, 0.717) is 11.4 Å². The van der Waals surface area contributed by atoms with E-state index in [9.17, 15) is 17.2 Å². The molecule has 0 amide bonds. The summed E-state index contributed by atoms with van der Waals surface area (Å²) < 4.78 is 52.9. The fourth-order valence-corrected chi connectivity index (χ4v) is 3.21. The van der Waals surface area contributed by atoms with Gasteiger partial charge in [-0.3, -0.25) is 0 Å². The lowest BCUT2D eigenvalue weighted by molar-refractivity contribution is 0.514. The number of hydrogen-bond donors (Lipinski definition) is 1. The zero-order chi connectivity index (χ0) is 15.5. The monoisotopic (exact) mass is 331 g/mol. The van der Waals surface area contributed by atoms with Gasteiger partial charge in [-0.1, -0.05) is 29.8 Å². The Morgan fingerprint density at radius 2 is 1.67 bits per heavy atom. The maximum Gasteiger partial charge on any atom is 0.246 e. The summed E-state index contributed by atoms with van der Waals surface area (Å²) in [5.41, 5.74) is 0.819. The highest BCUT2D eigenvalue weighted by Crippen LogP contribution is 2.18. The van der Waals surface area contributed by atoms with Crippen LogP contribution in [0.25, 0.3) is 0 Å². The van der Waals surface area contributed by atoms with E-state index in [1.165, 1.54) is 0 Å². The second kappa shape index (κ2) is 6.51. The molecule has 2 aromatic rings. The normalized spacial score (nSPS) is 11.6. The molecule has 0 aliphatic heterocycles. The molecule has 0 bridgehead atoms. The molecule has 0 heterocycles. The molecule has 0 atom stereocenters. The molecular formula is C14H12ClF2NO2S. The third-order valence-corrected chi connectivity index (χ3v) is 4.53. The molecule has 2 aromatic carbocycles. The smallest absolute Gasteiger partial charge is 0.211 e. The Morgan fingerprint density at radius 3 is 2.29 bits per heavy atom.